The first-order chi connectivity index (χ1) is 10.9. The summed E-state index contributed by atoms with van der Waals surface area (Å²) in [4.78, 5) is 25.0. The first-order valence-corrected chi connectivity index (χ1v) is 9.90. The van der Waals surface area contributed by atoms with Crippen molar-refractivity contribution in [3.63, 3.8) is 0 Å². The number of rotatable bonds is 4. The van der Waals surface area contributed by atoms with Crippen LogP contribution in [0.25, 0.3) is 0 Å². The van der Waals surface area contributed by atoms with Crippen molar-refractivity contribution in [2.45, 2.75) is 43.8 Å². The van der Waals surface area contributed by atoms with Gasteiger partial charge in [0.15, 0.2) is 0 Å². The lowest BCUT2D eigenvalue weighted by molar-refractivity contribution is -0.142. The summed E-state index contributed by atoms with van der Waals surface area (Å²) in [6.07, 6.45) is 5.09. The number of piperidine rings is 1. The van der Waals surface area contributed by atoms with Gasteiger partial charge in [-0.2, -0.15) is 0 Å². The van der Waals surface area contributed by atoms with Crippen LogP contribution >= 0.6 is 0 Å². The van der Waals surface area contributed by atoms with E-state index in [1.165, 1.54) is 4.31 Å². The molecule has 1 unspecified atom stereocenters. The first kappa shape index (κ1) is 16.7. The third kappa shape index (κ3) is 3.24. The van der Waals surface area contributed by atoms with Gasteiger partial charge in [0.2, 0.25) is 15.9 Å². The number of likely N-dealkylation sites (tertiary alicyclic amines) is 1. The third-order valence-corrected chi connectivity index (χ3v) is 7.57. The van der Waals surface area contributed by atoms with E-state index in [-0.39, 0.29) is 31.5 Å². The predicted octanol–water partition coefficient (Wildman–Crippen LogP) is 0.514. The van der Waals surface area contributed by atoms with Gasteiger partial charge in [-0.3, -0.25) is 9.59 Å². The fourth-order valence-corrected chi connectivity index (χ4v) is 5.75. The lowest BCUT2D eigenvalue weighted by atomic mass is 10.0. The summed E-state index contributed by atoms with van der Waals surface area (Å²) in [6.45, 7) is 0.960. The van der Waals surface area contributed by atoms with Crippen LogP contribution in [0.4, 0.5) is 0 Å². The highest BCUT2D eigenvalue weighted by Crippen LogP contribution is 2.31. The van der Waals surface area contributed by atoms with Gasteiger partial charge >= 0.3 is 5.97 Å². The van der Waals surface area contributed by atoms with Gasteiger partial charge in [-0.05, 0) is 25.7 Å². The van der Waals surface area contributed by atoms with Crippen molar-refractivity contribution in [1.29, 1.82) is 0 Å². The number of aliphatic carboxylic acids is 1. The summed E-state index contributed by atoms with van der Waals surface area (Å²) in [7, 11) is -3.51. The van der Waals surface area contributed by atoms with Gasteiger partial charge in [-0.1, -0.05) is 12.8 Å². The number of carboxylic acid groups (broad SMARTS) is 1. The maximum absolute atomic E-state index is 12.6. The number of nitrogens with zero attached hydrogens (tertiary/aromatic N) is 2. The monoisotopic (exact) mass is 344 g/mol. The van der Waals surface area contributed by atoms with Gasteiger partial charge in [0.1, 0.15) is 5.25 Å². The Morgan fingerprint density at radius 1 is 0.913 bits per heavy atom. The summed E-state index contributed by atoms with van der Waals surface area (Å²) in [6, 6.07) is 0. The maximum atomic E-state index is 12.6. The fraction of sp³-hybridized carbons (Fsp3) is 0.867. The van der Waals surface area contributed by atoms with E-state index in [4.69, 9.17) is 5.11 Å². The normalized spacial score (nSPS) is 27.8. The summed E-state index contributed by atoms with van der Waals surface area (Å²) >= 11 is 0. The van der Waals surface area contributed by atoms with Crippen molar-refractivity contribution in [2.24, 2.45) is 11.8 Å². The van der Waals surface area contributed by atoms with Crippen LogP contribution in [0.3, 0.4) is 0 Å². The summed E-state index contributed by atoms with van der Waals surface area (Å²) < 4.78 is 26.6. The van der Waals surface area contributed by atoms with Crippen LogP contribution in [0.2, 0.25) is 0 Å². The predicted molar refractivity (Wildman–Crippen MR) is 83.2 cm³/mol. The van der Waals surface area contributed by atoms with E-state index in [1.807, 2.05) is 0 Å². The van der Waals surface area contributed by atoms with Crippen molar-refractivity contribution < 1.29 is 23.1 Å². The zero-order valence-electron chi connectivity index (χ0n) is 13.2. The van der Waals surface area contributed by atoms with Crippen molar-refractivity contribution in [3.8, 4) is 0 Å². The second kappa shape index (κ2) is 6.39. The SMILES string of the molecule is O=C(O)C1CCCN(S(=O)(=O)C2CN(C(=O)C3CCCC3)C2)C1. The Bertz CT molecular complexity index is 579. The molecule has 1 aliphatic carbocycles. The average molecular weight is 344 g/mol. The largest absolute Gasteiger partial charge is 0.481 e. The molecule has 0 radical (unpaired) electrons. The Morgan fingerprint density at radius 3 is 2.13 bits per heavy atom. The maximum Gasteiger partial charge on any atom is 0.307 e. The molecule has 2 heterocycles. The van der Waals surface area contributed by atoms with E-state index in [0.717, 1.165) is 25.7 Å². The minimum atomic E-state index is -3.51. The molecule has 130 valence electrons. The van der Waals surface area contributed by atoms with Crippen molar-refractivity contribution in [1.82, 2.24) is 9.21 Å². The van der Waals surface area contributed by atoms with Crippen LogP contribution in [0, 0.1) is 11.8 Å². The fourth-order valence-electron chi connectivity index (χ4n) is 3.82. The van der Waals surface area contributed by atoms with Crippen LogP contribution in [0.5, 0.6) is 0 Å². The van der Waals surface area contributed by atoms with Crippen molar-refractivity contribution >= 4 is 21.9 Å². The standard InChI is InChI=1S/C15H24N2O5S/c18-14(11-4-1-2-5-11)16-9-13(10-16)23(21,22)17-7-3-6-12(8-17)15(19)20/h11-13H,1-10H2,(H,19,20). The molecule has 23 heavy (non-hydrogen) atoms. The first-order valence-electron chi connectivity index (χ1n) is 8.40. The van der Waals surface area contributed by atoms with E-state index in [1.54, 1.807) is 4.90 Å². The lowest BCUT2D eigenvalue weighted by Crippen LogP contribution is -2.61. The Morgan fingerprint density at radius 2 is 1.52 bits per heavy atom. The molecule has 1 atom stereocenters. The van der Waals surface area contributed by atoms with Crippen LogP contribution in [-0.2, 0) is 19.6 Å². The summed E-state index contributed by atoms with van der Waals surface area (Å²) in [5.74, 6) is -1.38. The highest BCUT2D eigenvalue weighted by Gasteiger charge is 2.45. The van der Waals surface area contributed by atoms with Crippen molar-refractivity contribution in [3.05, 3.63) is 0 Å². The Balaban J connectivity index is 1.57. The lowest BCUT2D eigenvalue weighted by Gasteiger charge is -2.43. The molecule has 2 aliphatic heterocycles. The molecular weight excluding hydrogens is 320 g/mol. The number of carbonyl (C=O) groups excluding carboxylic acids is 1. The Kier molecular flexibility index (Phi) is 4.64. The van der Waals surface area contributed by atoms with Gasteiger partial charge in [0, 0.05) is 32.1 Å². The summed E-state index contributed by atoms with van der Waals surface area (Å²) in [5, 5.41) is 8.52. The molecule has 0 spiro atoms. The molecule has 0 aromatic rings. The van der Waals surface area contributed by atoms with Gasteiger partial charge in [-0.25, -0.2) is 12.7 Å². The van der Waals surface area contributed by atoms with E-state index < -0.39 is 27.2 Å². The van der Waals surface area contributed by atoms with E-state index in [0.29, 0.717) is 19.4 Å². The zero-order valence-corrected chi connectivity index (χ0v) is 14.0. The molecule has 0 bridgehead atoms. The average Bonchev–Trinajstić information content (AvgIpc) is 2.99. The van der Waals surface area contributed by atoms with E-state index >= 15 is 0 Å². The highest BCUT2D eigenvalue weighted by molar-refractivity contribution is 7.89. The van der Waals surface area contributed by atoms with Crippen LogP contribution in [-0.4, -0.2) is 66.0 Å². The highest BCUT2D eigenvalue weighted by atomic mass is 32.2. The van der Waals surface area contributed by atoms with Crippen LogP contribution in [0.15, 0.2) is 0 Å². The number of hydrogen-bond donors (Lipinski definition) is 1. The van der Waals surface area contributed by atoms with E-state index in [9.17, 15) is 18.0 Å². The molecule has 3 fully saturated rings. The number of carboxylic acids is 1. The van der Waals surface area contributed by atoms with Gasteiger partial charge < -0.3 is 10.0 Å². The minimum Gasteiger partial charge on any atom is -0.481 e. The molecule has 0 aromatic carbocycles. The number of hydrogen-bond acceptors (Lipinski definition) is 4. The molecule has 1 saturated carbocycles. The second-order valence-electron chi connectivity index (χ2n) is 6.93. The Hall–Kier alpha value is -1.15. The smallest absolute Gasteiger partial charge is 0.307 e. The van der Waals surface area contributed by atoms with Gasteiger partial charge in [0.05, 0.1) is 5.92 Å². The van der Waals surface area contributed by atoms with Gasteiger partial charge in [-0.15, -0.1) is 0 Å². The number of carbonyl (C=O) groups is 2. The Labute approximate surface area is 136 Å². The number of sulfonamides is 1. The van der Waals surface area contributed by atoms with Crippen LogP contribution in [0.1, 0.15) is 38.5 Å². The quantitative estimate of drug-likeness (QED) is 0.802. The topological polar surface area (TPSA) is 95.0 Å². The molecule has 7 nitrogen and oxygen atoms in total. The molecule has 1 N–H and O–H groups in total. The molecule has 8 heteroatoms. The molecular formula is C15H24N2O5S. The molecule has 1 amide bonds. The number of amides is 1. The molecule has 0 aromatic heterocycles. The molecule has 2 saturated heterocycles. The van der Waals surface area contributed by atoms with Crippen LogP contribution < -0.4 is 0 Å². The summed E-state index contributed by atoms with van der Waals surface area (Å²) in [5.41, 5.74) is 0. The second-order valence-corrected chi connectivity index (χ2v) is 9.14. The van der Waals surface area contributed by atoms with Crippen molar-refractivity contribution in [2.75, 3.05) is 26.2 Å². The van der Waals surface area contributed by atoms with E-state index in [2.05, 4.69) is 0 Å². The minimum absolute atomic E-state index is 0.0603. The van der Waals surface area contributed by atoms with Gasteiger partial charge in [0.25, 0.3) is 0 Å². The zero-order chi connectivity index (χ0) is 16.6. The molecule has 3 rings (SSSR count). The third-order valence-electron chi connectivity index (χ3n) is 5.38. The molecule has 3 aliphatic rings.